The van der Waals surface area contributed by atoms with Gasteiger partial charge in [-0.2, -0.15) is 4.98 Å². The second-order valence-corrected chi connectivity index (χ2v) is 5.12. The Morgan fingerprint density at radius 3 is 2.92 bits per heavy atom. The normalized spacial score (nSPS) is 10.7. The van der Waals surface area contributed by atoms with Crippen LogP contribution in [-0.4, -0.2) is 32.8 Å². The lowest BCUT2D eigenvalue weighted by Gasteiger charge is -2.07. The van der Waals surface area contributed by atoms with Crippen LogP contribution in [0, 0.1) is 12.7 Å². The molecule has 0 saturated carbocycles. The number of hydrogen-bond donors (Lipinski definition) is 0. The molecule has 0 unspecified atom stereocenters. The number of benzene rings is 1. The first-order valence-electron chi connectivity index (χ1n) is 7.23. The van der Waals surface area contributed by atoms with Crippen molar-refractivity contribution in [1.82, 2.24) is 19.7 Å². The Kier molecular flexibility index (Phi) is 4.38. The van der Waals surface area contributed by atoms with E-state index in [2.05, 4.69) is 19.9 Å². The fourth-order valence-electron chi connectivity index (χ4n) is 2.21. The highest BCUT2D eigenvalue weighted by Crippen LogP contribution is 2.17. The molecule has 0 saturated heterocycles. The predicted octanol–water partition coefficient (Wildman–Crippen LogP) is 1.58. The van der Waals surface area contributed by atoms with Crippen LogP contribution in [0.15, 0.2) is 39.8 Å². The summed E-state index contributed by atoms with van der Waals surface area (Å²) in [6, 6.07) is 5.73. The summed E-state index contributed by atoms with van der Waals surface area (Å²) in [4.78, 5) is 32.2. The molecule has 1 aromatic carbocycles. The molecule has 9 heteroatoms. The number of carbonyl (C=O) groups excluding carboxylic acids is 1. The number of esters is 1. The second kappa shape index (κ2) is 6.63. The van der Waals surface area contributed by atoms with Crippen molar-refractivity contribution < 1.29 is 18.4 Å². The Balaban J connectivity index is 1.94. The largest absolute Gasteiger partial charge is 0.465 e. The fraction of sp³-hybridized carbons (Fsp3) is 0.188. The number of methoxy groups -OCH3 is 1. The van der Waals surface area contributed by atoms with Crippen LogP contribution in [0.25, 0.3) is 11.4 Å². The second-order valence-electron chi connectivity index (χ2n) is 5.12. The predicted molar refractivity (Wildman–Crippen MR) is 83.4 cm³/mol. The molecular formula is C16H13FN4O4. The van der Waals surface area contributed by atoms with E-state index >= 15 is 0 Å². The first-order valence-corrected chi connectivity index (χ1v) is 7.23. The molecule has 8 nitrogen and oxygen atoms in total. The highest BCUT2D eigenvalue weighted by Gasteiger charge is 2.17. The van der Waals surface area contributed by atoms with Crippen molar-refractivity contribution in [3.63, 3.8) is 0 Å². The number of carbonyl (C=O) groups is 1. The summed E-state index contributed by atoms with van der Waals surface area (Å²) in [6.07, 6.45) is 1.16. The summed E-state index contributed by atoms with van der Waals surface area (Å²) in [6.45, 7) is 1.52. The quantitative estimate of drug-likeness (QED) is 0.662. The topological polar surface area (TPSA) is 100 Å². The van der Waals surface area contributed by atoms with Gasteiger partial charge in [-0.3, -0.25) is 9.36 Å². The van der Waals surface area contributed by atoms with Gasteiger partial charge in [0.25, 0.3) is 5.56 Å². The molecule has 2 heterocycles. The lowest BCUT2D eigenvalue weighted by molar-refractivity contribution is 0.0597. The van der Waals surface area contributed by atoms with Crippen LogP contribution in [0.3, 0.4) is 0 Å². The molecule has 2 aromatic heterocycles. The van der Waals surface area contributed by atoms with E-state index in [0.717, 1.165) is 6.20 Å². The van der Waals surface area contributed by atoms with Crippen LogP contribution >= 0.6 is 0 Å². The molecule has 0 radical (unpaired) electrons. The molecule has 3 rings (SSSR count). The molecule has 0 spiro atoms. The van der Waals surface area contributed by atoms with Gasteiger partial charge in [0.2, 0.25) is 11.7 Å². The number of halogens is 1. The Labute approximate surface area is 140 Å². The van der Waals surface area contributed by atoms with Crippen LogP contribution in [0.5, 0.6) is 0 Å². The lowest BCUT2D eigenvalue weighted by Crippen LogP contribution is -2.30. The average Bonchev–Trinajstić information content (AvgIpc) is 3.07. The van der Waals surface area contributed by atoms with Gasteiger partial charge < -0.3 is 9.26 Å². The Hall–Kier alpha value is -3.36. The summed E-state index contributed by atoms with van der Waals surface area (Å²) >= 11 is 0. The Bertz CT molecular complexity index is 996. The van der Waals surface area contributed by atoms with E-state index in [9.17, 15) is 14.0 Å². The molecule has 3 aromatic rings. The average molecular weight is 344 g/mol. The molecule has 0 atom stereocenters. The van der Waals surface area contributed by atoms with E-state index in [0.29, 0.717) is 11.4 Å². The first kappa shape index (κ1) is 16.5. The molecule has 0 N–H and O–H groups in total. The molecule has 25 heavy (non-hydrogen) atoms. The third-order valence-corrected chi connectivity index (χ3v) is 3.50. The minimum absolute atomic E-state index is 0.0786. The number of aromatic nitrogens is 4. The fourth-order valence-corrected chi connectivity index (χ4v) is 2.21. The van der Waals surface area contributed by atoms with Crippen LogP contribution < -0.4 is 5.56 Å². The van der Waals surface area contributed by atoms with Crippen molar-refractivity contribution in [3.05, 3.63) is 63.9 Å². The van der Waals surface area contributed by atoms with Crippen LogP contribution in [0.1, 0.15) is 22.1 Å². The van der Waals surface area contributed by atoms with E-state index in [4.69, 9.17) is 4.52 Å². The maximum Gasteiger partial charge on any atom is 0.345 e. The molecule has 0 bridgehead atoms. The molecule has 0 aliphatic heterocycles. The van der Waals surface area contributed by atoms with E-state index in [1.54, 1.807) is 13.0 Å². The third-order valence-electron chi connectivity index (χ3n) is 3.50. The maximum absolute atomic E-state index is 13.3. The smallest absolute Gasteiger partial charge is 0.345 e. The summed E-state index contributed by atoms with van der Waals surface area (Å²) in [5, 5.41) is 3.78. The number of hydrogen-bond acceptors (Lipinski definition) is 7. The van der Waals surface area contributed by atoms with Crippen molar-refractivity contribution in [1.29, 1.82) is 0 Å². The SMILES string of the molecule is COC(=O)c1cnc(C)n(Cc2nc(-c3cccc(F)c3)no2)c1=O. The highest BCUT2D eigenvalue weighted by atomic mass is 19.1. The minimum atomic E-state index is -0.780. The summed E-state index contributed by atoms with van der Waals surface area (Å²) in [7, 11) is 1.18. The summed E-state index contributed by atoms with van der Waals surface area (Å²) < 4.78 is 24.2. The zero-order valence-electron chi connectivity index (χ0n) is 13.4. The molecule has 0 aliphatic rings. The van der Waals surface area contributed by atoms with Crippen LogP contribution in [0.4, 0.5) is 4.39 Å². The molecule has 0 amide bonds. The monoisotopic (exact) mass is 344 g/mol. The van der Waals surface area contributed by atoms with Gasteiger partial charge in [-0.25, -0.2) is 14.2 Å². The highest BCUT2D eigenvalue weighted by molar-refractivity contribution is 5.88. The maximum atomic E-state index is 13.3. The van der Waals surface area contributed by atoms with Gasteiger partial charge in [0.15, 0.2) is 0 Å². The number of rotatable bonds is 4. The number of aryl methyl sites for hydroxylation is 1. The number of ether oxygens (including phenoxy) is 1. The van der Waals surface area contributed by atoms with Crippen LogP contribution in [0.2, 0.25) is 0 Å². The van der Waals surface area contributed by atoms with Crippen molar-refractivity contribution in [2.45, 2.75) is 13.5 Å². The van der Waals surface area contributed by atoms with Crippen LogP contribution in [-0.2, 0) is 11.3 Å². The number of nitrogens with zero attached hydrogens (tertiary/aromatic N) is 4. The summed E-state index contributed by atoms with van der Waals surface area (Å²) in [5.74, 6) is -0.531. The minimum Gasteiger partial charge on any atom is -0.465 e. The van der Waals surface area contributed by atoms with Crippen molar-refractivity contribution >= 4 is 5.97 Å². The van der Waals surface area contributed by atoms with E-state index in [1.807, 2.05) is 0 Å². The van der Waals surface area contributed by atoms with Crippen molar-refractivity contribution in [3.8, 4) is 11.4 Å². The molecule has 0 fully saturated rings. The van der Waals surface area contributed by atoms with Gasteiger partial charge in [-0.15, -0.1) is 0 Å². The third kappa shape index (κ3) is 3.30. The molecular weight excluding hydrogens is 331 g/mol. The molecule has 128 valence electrons. The van der Waals surface area contributed by atoms with Crippen molar-refractivity contribution in [2.24, 2.45) is 0 Å². The zero-order valence-corrected chi connectivity index (χ0v) is 13.4. The van der Waals surface area contributed by atoms with Gasteiger partial charge in [0, 0.05) is 11.8 Å². The Morgan fingerprint density at radius 2 is 2.20 bits per heavy atom. The van der Waals surface area contributed by atoms with Gasteiger partial charge in [0.1, 0.15) is 23.7 Å². The van der Waals surface area contributed by atoms with E-state index in [1.165, 1.54) is 29.9 Å². The Morgan fingerprint density at radius 1 is 1.40 bits per heavy atom. The zero-order chi connectivity index (χ0) is 18.0. The van der Waals surface area contributed by atoms with Gasteiger partial charge in [0.05, 0.1) is 7.11 Å². The standard InChI is InChI=1S/C16H13FN4O4/c1-9-18-7-12(16(23)24-2)15(22)21(9)8-13-19-14(20-25-13)10-4-3-5-11(17)6-10/h3-7H,8H2,1-2H3. The van der Waals surface area contributed by atoms with E-state index < -0.39 is 17.3 Å². The lowest BCUT2D eigenvalue weighted by atomic mass is 10.2. The molecule has 0 aliphatic carbocycles. The van der Waals surface area contributed by atoms with Crippen molar-refractivity contribution in [2.75, 3.05) is 7.11 Å². The van der Waals surface area contributed by atoms with Gasteiger partial charge in [-0.05, 0) is 19.1 Å². The van der Waals surface area contributed by atoms with Gasteiger partial charge in [-0.1, -0.05) is 17.3 Å². The first-order chi connectivity index (χ1) is 12.0. The summed E-state index contributed by atoms with van der Waals surface area (Å²) in [5.41, 5.74) is -0.330. The van der Waals surface area contributed by atoms with E-state index in [-0.39, 0.29) is 23.8 Å². The van der Waals surface area contributed by atoms with Gasteiger partial charge >= 0.3 is 5.97 Å².